The van der Waals surface area contributed by atoms with E-state index in [0.29, 0.717) is 84.6 Å². The third-order valence-corrected chi connectivity index (χ3v) is 29.6. The molecule has 11 N–H and O–H groups in total. The van der Waals surface area contributed by atoms with Gasteiger partial charge in [-0.2, -0.15) is 37.5 Å². The summed E-state index contributed by atoms with van der Waals surface area (Å²) in [6, 6.07) is 37.8. The van der Waals surface area contributed by atoms with Crippen LogP contribution in [0.3, 0.4) is 0 Å². The van der Waals surface area contributed by atoms with Crippen LogP contribution in [0.2, 0.25) is 20.1 Å². The molecule has 41 nitrogen and oxygen atoms in total. The molecule has 0 aliphatic carbocycles. The molecule has 20 atom stereocenters. The molecule has 12 heterocycles. The fourth-order valence-electron chi connectivity index (χ4n) is 15.2. The van der Waals surface area contributed by atoms with Crippen LogP contribution in [0.5, 0.6) is 5.75 Å². The van der Waals surface area contributed by atoms with Crippen molar-refractivity contribution in [2.24, 2.45) is 11.8 Å². The van der Waals surface area contributed by atoms with Gasteiger partial charge in [0.05, 0.1) is 93.0 Å². The molecule has 0 spiro atoms. The van der Waals surface area contributed by atoms with Crippen molar-refractivity contribution in [2.75, 3.05) is 62.0 Å². The van der Waals surface area contributed by atoms with E-state index in [9.17, 15) is 92.9 Å². The number of non-ortho nitro benzene ring substituents is 1. The molecule has 788 valence electrons. The van der Waals surface area contributed by atoms with E-state index in [1.54, 1.807) is 112 Å². The van der Waals surface area contributed by atoms with Gasteiger partial charge in [-0.15, -0.1) is 0 Å². The van der Waals surface area contributed by atoms with Crippen LogP contribution >= 0.6 is 77.5 Å². The number of nitrogens with one attached hydrogen (secondary N) is 3. The first-order valence-electron chi connectivity index (χ1n) is 42.7. The van der Waals surface area contributed by atoms with E-state index in [1.165, 1.54) is 56.4 Å². The van der Waals surface area contributed by atoms with Crippen molar-refractivity contribution >= 4 is 101 Å². The molecule has 9 aromatic rings. The predicted molar refractivity (Wildman–Crippen MR) is 501 cm³/mol. The summed E-state index contributed by atoms with van der Waals surface area (Å²) in [6.07, 6.45) is -11.9. The molecule has 4 aromatic heterocycles. The Bertz CT molecular complexity index is 5930. The molecule has 0 amide bonds. The van der Waals surface area contributed by atoms with Crippen molar-refractivity contribution in [3.63, 3.8) is 0 Å². The molecule has 17 rings (SSSR count). The third kappa shape index (κ3) is 29.0. The van der Waals surface area contributed by atoms with Crippen LogP contribution in [0.15, 0.2) is 190 Å². The zero-order valence-corrected chi connectivity index (χ0v) is 85.1. The Labute approximate surface area is 859 Å². The standard InChI is InChI=1S/C20H23ClF2N3O5P.2C18H19ClF2N3O7P.C15H13ClNO6P.C12H16F2N2O2.CH4O.CH4.FH.H3N.Na.H/c1-3-15-12(2)20(22,23)18(30-15)26-9-7-17(24-19(26)27)25-32(28)29-10-8-16(31-32)13-5-4-6-14(21)11-13;2*19-11-3-1-2-10(8-11)12-5-7-29-32(28,31-12)23-14-4-6-24(17(27)22-14)16-18(20,21)15(26)13(9-25)30-16;16-12-3-1-2-11(10-12)15-8-9-21-24(20,23-15)22-14-6-4-13(5-7-14)17(18)19;1-4-9-8(3)12(13,14)10(18-9)16-6-5-7(2)15-11(16)17;1-2;;;;;/h4-7,9,11-12,15-16,18H,3,8,10H2,1-2H3,(H,24,25,27,28);2*1-4,6,8,12-13,15-16,25-26H,5,7,9H2,(H,22,23,27,28);1-7,10,15H,8-9H2;5-6,8-10H,4H2,1-3H3;2H,1H3;1H4;1H;1H3;;/q;;;;;;;;;+1;-1/t12-,15+,16-,18+,32?;12-,13+,15-,16+,32+;12-,13+,15-,16+,32-;15-,24?;8-,9+,10+;;;;;;/m00000....../s1. The minimum absolute atomic E-state index is 0. The summed E-state index contributed by atoms with van der Waals surface area (Å²) in [5.41, 5.74) is -0.735. The second-order valence-electron chi connectivity index (χ2n) is 31.9. The van der Waals surface area contributed by atoms with Gasteiger partial charge in [0.15, 0.2) is 12.2 Å². The minimum atomic E-state index is -3.94. The molecular weight excluding hydrogens is 2110 g/mol. The summed E-state index contributed by atoms with van der Waals surface area (Å²) in [7, 11) is -14.6. The Morgan fingerprint density at radius 2 is 0.750 bits per heavy atom. The first kappa shape index (κ1) is 121. The maximum Gasteiger partial charge on any atom is 1.00 e. The van der Waals surface area contributed by atoms with Gasteiger partial charge in [0.1, 0.15) is 35.4 Å². The Morgan fingerprint density at radius 1 is 0.465 bits per heavy atom. The van der Waals surface area contributed by atoms with Crippen molar-refractivity contribution in [3.05, 3.63) is 270 Å². The van der Waals surface area contributed by atoms with Crippen LogP contribution in [0.4, 0.5) is 63.0 Å². The van der Waals surface area contributed by atoms with Crippen LogP contribution in [-0.2, 0) is 73.4 Å². The van der Waals surface area contributed by atoms with Gasteiger partial charge in [-0.05, 0) is 127 Å². The second-order valence-corrected chi connectivity index (χ2v) is 40.3. The summed E-state index contributed by atoms with van der Waals surface area (Å²) in [4.78, 5) is 73.6. The number of nitrogens with zero attached hydrogens (tertiary/aromatic N) is 9. The van der Waals surface area contributed by atoms with Gasteiger partial charge in [0, 0.05) is 95.5 Å². The van der Waals surface area contributed by atoms with Crippen LogP contribution in [0.25, 0.3) is 0 Å². The quantitative estimate of drug-likeness (QED) is 0.0106. The molecule has 8 fully saturated rings. The number of nitro benzene ring substituents is 1. The molecular formula is C85H103Cl4F9N13NaO28P4. The number of rotatable bonds is 21. The molecule has 5 aromatic carbocycles. The van der Waals surface area contributed by atoms with Crippen LogP contribution in [0, 0.1) is 28.9 Å². The smallest absolute Gasteiger partial charge is 1.00 e. The number of halogens is 13. The molecule has 8 saturated heterocycles. The number of benzene rings is 5. The second kappa shape index (κ2) is 51.4. The molecule has 0 radical (unpaired) electrons. The summed E-state index contributed by atoms with van der Waals surface area (Å²) in [5.74, 6) is -16.4. The number of aliphatic hydroxyl groups excluding tert-OH is 5. The van der Waals surface area contributed by atoms with Crippen LogP contribution in [-0.4, -0.2) is 176 Å². The van der Waals surface area contributed by atoms with E-state index >= 15 is 0 Å². The zero-order chi connectivity index (χ0) is 102. The largest absolute Gasteiger partial charge is 1.00 e. The van der Waals surface area contributed by atoms with Gasteiger partial charge in [0.2, 0.25) is 24.9 Å². The number of anilines is 3. The van der Waals surface area contributed by atoms with E-state index in [4.69, 9.17) is 121 Å². The van der Waals surface area contributed by atoms with Crippen LogP contribution in [0.1, 0.15) is 152 Å². The normalized spacial score (nSPS) is 29.2. The van der Waals surface area contributed by atoms with E-state index in [2.05, 4.69) is 35.2 Å². The first-order chi connectivity index (χ1) is 66.2. The van der Waals surface area contributed by atoms with E-state index in [0.717, 1.165) is 58.1 Å². The number of hydrogen-bond donors (Lipinski definition) is 9. The van der Waals surface area contributed by atoms with Crippen molar-refractivity contribution < 1.29 is 179 Å². The maximum absolute atomic E-state index is 14.7. The third-order valence-electron chi connectivity index (χ3n) is 22.5. The number of phosphoric ester groups is 1. The fourth-order valence-corrected chi connectivity index (χ4v) is 21.9. The summed E-state index contributed by atoms with van der Waals surface area (Å²) in [5, 5.41) is 64.4. The number of phosphoric acid groups is 1. The van der Waals surface area contributed by atoms with Gasteiger partial charge in [-0.25, -0.2) is 55.0 Å². The average molecular weight is 2210 g/mol. The Morgan fingerprint density at radius 3 is 1.02 bits per heavy atom. The SMILES string of the molecule is C.CC[C@H]1O[C@@H](n2ccc(C)nc2=O)C(F)(F)[C@H]1C.CC[C@H]1O[C@@H](n2ccc(NP3(=O)OCC[C@@H](c4cccc(Cl)c4)O3)nc2=O)C(F)(F)[C@H]1C.CO.F.N.O=[N+]([O-])c1ccc(OP2(=O)OCC[C@@H](c3cccc(Cl)c3)O2)cc1.O=c1nc(N[P@@]2(=O)OCC[C@@H](c3cccc(Cl)c3)O2)ccn1[C@@H]1O[C@H](CO)[C@H](O)C1(F)F.O=c1nc(N[P@]2(=O)OCC[C@@H](c3cccc(Cl)c3)O2)ccn1[C@@H]1O[C@H](CO)[C@H](O)C1(F)F.[H-].[Na+]. The number of nitro groups is 1. The van der Waals surface area contributed by atoms with Gasteiger partial charge in [-0.3, -0.25) is 84.5 Å². The van der Waals surface area contributed by atoms with Crippen molar-refractivity contribution in [2.45, 2.75) is 190 Å². The van der Waals surface area contributed by atoms with E-state index in [-0.39, 0.29) is 105 Å². The maximum atomic E-state index is 14.7. The Balaban J connectivity index is 0.000000246. The molecule has 144 heavy (non-hydrogen) atoms. The zero-order valence-electron chi connectivity index (χ0n) is 77.5. The Kier molecular flexibility index (Phi) is 43.3. The fraction of sp³-hybridized carbons (Fsp3) is 0.459. The Hall–Kier alpha value is -8.05. The van der Waals surface area contributed by atoms with Crippen LogP contribution < -0.4 is 78.3 Å². The minimum Gasteiger partial charge on any atom is -1.00 e. The van der Waals surface area contributed by atoms with Crippen molar-refractivity contribution in [1.29, 1.82) is 0 Å². The van der Waals surface area contributed by atoms with Gasteiger partial charge >= 0.3 is 95.2 Å². The topological polar surface area (TPSA) is 543 Å². The molecule has 59 heteroatoms. The summed E-state index contributed by atoms with van der Waals surface area (Å²) >= 11 is 24.0. The summed E-state index contributed by atoms with van der Waals surface area (Å²) in [6.45, 7) is 6.78. The molecule has 8 aliphatic rings. The van der Waals surface area contributed by atoms with E-state index < -0.39 is 193 Å². The van der Waals surface area contributed by atoms with Gasteiger partial charge < -0.3 is 56.6 Å². The first-order valence-corrected chi connectivity index (χ1v) is 50.3. The number of aliphatic hydroxyl groups is 5. The number of aryl methyl sites for hydroxylation is 1. The molecule has 0 saturated carbocycles. The number of hydrogen-bond acceptors (Lipinski definition) is 33. The molecule has 0 bridgehead atoms. The number of ether oxygens (including phenoxy) is 4. The predicted octanol–water partition coefficient (Wildman–Crippen LogP) is 14.9. The molecule has 2 unspecified atom stereocenters. The van der Waals surface area contributed by atoms with Gasteiger partial charge in [0.25, 0.3) is 17.5 Å². The number of aromatic nitrogens is 8. The van der Waals surface area contributed by atoms with E-state index in [1.807, 2.05) is 6.07 Å². The number of alkyl halides is 8. The monoisotopic (exact) mass is 2210 g/mol. The summed E-state index contributed by atoms with van der Waals surface area (Å²) < 4.78 is 238. The molecule has 8 aliphatic heterocycles. The average Bonchev–Trinajstić information content (AvgIpc) is 1.63. The van der Waals surface area contributed by atoms with Gasteiger partial charge in [-0.1, -0.05) is 130 Å². The van der Waals surface area contributed by atoms with Crippen molar-refractivity contribution in [1.82, 2.24) is 44.4 Å². The van der Waals surface area contributed by atoms with Crippen molar-refractivity contribution in [3.8, 4) is 5.75 Å².